The Hall–Kier alpha value is -1.69. The molecule has 0 aliphatic carbocycles. The Bertz CT molecular complexity index is 723. The van der Waals surface area contributed by atoms with Crippen molar-refractivity contribution in [2.24, 2.45) is 0 Å². The van der Waals surface area contributed by atoms with Crippen molar-refractivity contribution in [1.82, 2.24) is 4.72 Å². The lowest BCUT2D eigenvalue weighted by Gasteiger charge is -2.37. The topological polar surface area (TPSA) is 55.4 Å². The first-order valence-electron chi connectivity index (χ1n) is 7.80. The van der Waals surface area contributed by atoms with Crippen LogP contribution < -0.4 is 4.72 Å². The van der Waals surface area contributed by atoms with Crippen LogP contribution in [0.3, 0.4) is 0 Å². The van der Waals surface area contributed by atoms with E-state index in [-0.39, 0.29) is 5.41 Å². The van der Waals surface area contributed by atoms with Crippen molar-refractivity contribution >= 4 is 10.0 Å². The van der Waals surface area contributed by atoms with E-state index in [9.17, 15) is 8.42 Å². The van der Waals surface area contributed by atoms with E-state index in [2.05, 4.69) is 16.9 Å². The van der Waals surface area contributed by atoms with Gasteiger partial charge in [0.2, 0.25) is 10.0 Å². The molecule has 4 nitrogen and oxygen atoms in total. The van der Waals surface area contributed by atoms with Gasteiger partial charge in [-0.3, -0.25) is 0 Å². The fraction of sp³-hybridized carbons (Fsp3) is 0.333. The molecule has 0 radical (unpaired) electrons. The molecular weight excluding hydrogens is 310 g/mol. The summed E-state index contributed by atoms with van der Waals surface area (Å²) in [4.78, 5) is 0.301. The largest absolute Gasteiger partial charge is 0.381 e. The molecule has 122 valence electrons. The summed E-state index contributed by atoms with van der Waals surface area (Å²) >= 11 is 0. The average Bonchev–Trinajstić information content (AvgIpc) is 2.62. The highest BCUT2D eigenvalue weighted by Crippen LogP contribution is 2.34. The van der Waals surface area contributed by atoms with Gasteiger partial charge in [-0.25, -0.2) is 13.1 Å². The lowest BCUT2D eigenvalue weighted by atomic mass is 9.74. The fourth-order valence-electron chi connectivity index (χ4n) is 3.04. The predicted molar refractivity (Wildman–Crippen MR) is 89.8 cm³/mol. The summed E-state index contributed by atoms with van der Waals surface area (Å²) in [5, 5.41) is 0. The Balaban J connectivity index is 1.83. The zero-order valence-electron chi connectivity index (χ0n) is 12.9. The van der Waals surface area contributed by atoms with E-state index >= 15 is 0 Å². The van der Waals surface area contributed by atoms with Crippen LogP contribution in [0.15, 0.2) is 65.6 Å². The molecule has 0 aromatic heterocycles. The molecular formula is C18H21NO3S. The van der Waals surface area contributed by atoms with Crippen LogP contribution in [0.25, 0.3) is 0 Å². The van der Waals surface area contributed by atoms with E-state index < -0.39 is 10.0 Å². The van der Waals surface area contributed by atoms with Crippen LogP contribution >= 0.6 is 0 Å². The van der Waals surface area contributed by atoms with Gasteiger partial charge in [-0.1, -0.05) is 48.5 Å². The molecule has 1 N–H and O–H groups in total. The van der Waals surface area contributed by atoms with E-state index in [1.807, 2.05) is 24.3 Å². The molecule has 5 heteroatoms. The first-order valence-corrected chi connectivity index (χ1v) is 9.29. The first kappa shape index (κ1) is 16.2. The van der Waals surface area contributed by atoms with Crippen LogP contribution in [0.1, 0.15) is 18.4 Å². The Labute approximate surface area is 137 Å². The number of rotatable bonds is 5. The van der Waals surface area contributed by atoms with Crippen LogP contribution in [0.4, 0.5) is 0 Å². The van der Waals surface area contributed by atoms with E-state index in [0.29, 0.717) is 24.7 Å². The third-order valence-electron chi connectivity index (χ3n) is 4.49. The molecule has 3 rings (SSSR count). The van der Waals surface area contributed by atoms with Crippen LogP contribution in [0.5, 0.6) is 0 Å². The Kier molecular flexibility index (Phi) is 4.80. The Morgan fingerprint density at radius 1 is 0.913 bits per heavy atom. The molecule has 0 spiro atoms. The number of nitrogens with one attached hydrogen (secondary N) is 1. The first-order chi connectivity index (χ1) is 11.1. The van der Waals surface area contributed by atoms with Gasteiger partial charge in [-0.05, 0) is 30.5 Å². The number of benzene rings is 2. The van der Waals surface area contributed by atoms with E-state index in [1.54, 1.807) is 24.3 Å². The van der Waals surface area contributed by atoms with E-state index in [0.717, 1.165) is 12.8 Å². The third-order valence-corrected chi connectivity index (χ3v) is 5.91. The van der Waals surface area contributed by atoms with Gasteiger partial charge >= 0.3 is 0 Å². The molecule has 2 aromatic rings. The van der Waals surface area contributed by atoms with Gasteiger partial charge in [0.05, 0.1) is 4.90 Å². The average molecular weight is 331 g/mol. The normalized spacial score (nSPS) is 17.7. The second-order valence-electron chi connectivity index (χ2n) is 5.90. The summed E-state index contributed by atoms with van der Waals surface area (Å²) in [7, 11) is -3.50. The molecule has 1 aliphatic rings. The quantitative estimate of drug-likeness (QED) is 0.916. The van der Waals surface area contributed by atoms with Gasteiger partial charge in [-0.15, -0.1) is 0 Å². The Morgan fingerprint density at radius 3 is 2.09 bits per heavy atom. The summed E-state index contributed by atoms with van der Waals surface area (Å²) in [6.45, 7) is 1.70. The molecule has 0 saturated carbocycles. The van der Waals surface area contributed by atoms with Crippen molar-refractivity contribution in [2.75, 3.05) is 19.8 Å². The predicted octanol–water partition coefficient (Wildman–Crippen LogP) is 2.71. The summed E-state index contributed by atoms with van der Waals surface area (Å²) in [5.74, 6) is 0. The second-order valence-corrected chi connectivity index (χ2v) is 7.66. The number of hydrogen-bond acceptors (Lipinski definition) is 3. The Morgan fingerprint density at radius 2 is 1.48 bits per heavy atom. The number of ether oxygens (including phenoxy) is 1. The number of sulfonamides is 1. The van der Waals surface area contributed by atoms with Crippen molar-refractivity contribution in [2.45, 2.75) is 23.2 Å². The molecule has 0 unspecified atom stereocenters. The molecule has 0 atom stereocenters. The minimum Gasteiger partial charge on any atom is -0.381 e. The van der Waals surface area contributed by atoms with Gasteiger partial charge in [-0.2, -0.15) is 0 Å². The van der Waals surface area contributed by atoms with Crippen LogP contribution in [0.2, 0.25) is 0 Å². The van der Waals surface area contributed by atoms with Gasteiger partial charge < -0.3 is 4.74 Å². The van der Waals surface area contributed by atoms with E-state index in [4.69, 9.17) is 4.74 Å². The van der Waals surface area contributed by atoms with Crippen LogP contribution in [-0.2, 0) is 20.2 Å². The molecule has 2 aromatic carbocycles. The highest BCUT2D eigenvalue weighted by molar-refractivity contribution is 7.89. The summed E-state index contributed by atoms with van der Waals surface area (Å²) in [5.41, 5.74) is 0.959. The van der Waals surface area contributed by atoms with Crippen molar-refractivity contribution < 1.29 is 13.2 Å². The SMILES string of the molecule is O=S(=O)(NCC1(c2ccccc2)CCOCC1)c1ccccc1. The highest BCUT2D eigenvalue weighted by atomic mass is 32.2. The van der Waals surface area contributed by atoms with Gasteiger partial charge in [0.15, 0.2) is 0 Å². The monoisotopic (exact) mass is 331 g/mol. The van der Waals surface area contributed by atoms with Crippen molar-refractivity contribution in [3.63, 3.8) is 0 Å². The molecule has 1 heterocycles. The van der Waals surface area contributed by atoms with Crippen molar-refractivity contribution in [3.05, 3.63) is 66.2 Å². The maximum absolute atomic E-state index is 12.5. The molecule has 1 aliphatic heterocycles. The van der Waals surface area contributed by atoms with Crippen molar-refractivity contribution in [1.29, 1.82) is 0 Å². The molecule has 1 fully saturated rings. The molecule has 1 saturated heterocycles. The van der Waals surface area contributed by atoms with Crippen LogP contribution in [0, 0.1) is 0 Å². The summed E-state index contributed by atoms with van der Waals surface area (Å²) in [6.07, 6.45) is 1.63. The smallest absolute Gasteiger partial charge is 0.240 e. The minimum absolute atomic E-state index is 0.207. The molecule has 0 bridgehead atoms. The highest BCUT2D eigenvalue weighted by Gasteiger charge is 2.35. The fourth-order valence-corrected chi connectivity index (χ4v) is 4.19. The third kappa shape index (κ3) is 3.63. The van der Waals surface area contributed by atoms with Gasteiger partial charge in [0, 0.05) is 25.2 Å². The van der Waals surface area contributed by atoms with Crippen LogP contribution in [-0.4, -0.2) is 28.2 Å². The molecule has 23 heavy (non-hydrogen) atoms. The lowest BCUT2D eigenvalue weighted by Crippen LogP contribution is -2.44. The molecule has 0 amide bonds. The second kappa shape index (κ2) is 6.83. The van der Waals surface area contributed by atoms with Gasteiger partial charge in [0.25, 0.3) is 0 Å². The minimum atomic E-state index is -3.50. The maximum atomic E-state index is 12.5. The maximum Gasteiger partial charge on any atom is 0.240 e. The summed E-state index contributed by atoms with van der Waals surface area (Å²) < 4.78 is 33.3. The zero-order chi connectivity index (χ0) is 16.2. The standard InChI is InChI=1S/C18H21NO3S/c20-23(21,17-9-5-2-6-10-17)19-15-18(11-13-22-14-12-18)16-7-3-1-4-8-16/h1-10,19H,11-15H2. The number of hydrogen-bond donors (Lipinski definition) is 1. The van der Waals surface area contributed by atoms with E-state index in [1.165, 1.54) is 5.56 Å². The zero-order valence-corrected chi connectivity index (χ0v) is 13.8. The van der Waals surface area contributed by atoms with Crippen molar-refractivity contribution in [3.8, 4) is 0 Å². The lowest BCUT2D eigenvalue weighted by molar-refractivity contribution is 0.0517. The van der Waals surface area contributed by atoms with Gasteiger partial charge in [0.1, 0.15) is 0 Å². The summed E-state index contributed by atoms with van der Waals surface area (Å²) in [6, 6.07) is 18.6.